The SMILES string of the molecule is CC(C)(C)C(CBr)Cn1cncc(I)c1=O. The van der Waals surface area contributed by atoms with E-state index in [2.05, 4.69) is 41.7 Å². The minimum atomic E-state index is 0.0470. The van der Waals surface area contributed by atoms with Crippen LogP contribution in [0.15, 0.2) is 17.3 Å². The van der Waals surface area contributed by atoms with Crippen molar-refractivity contribution >= 4 is 38.5 Å². The number of alkyl halides is 1. The number of halogens is 2. The lowest BCUT2D eigenvalue weighted by atomic mass is 9.82. The van der Waals surface area contributed by atoms with Gasteiger partial charge in [0.1, 0.15) is 0 Å². The predicted molar refractivity (Wildman–Crippen MR) is 78.0 cm³/mol. The van der Waals surface area contributed by atoms with Gasteiger partial charge in [-0.2, -0.15) is 0 Å². The third kappa shape index (κ3) is 3.55. The molecule has 1 atom stereocenters. The average molecular weight is 399 g/mol. The van der Waals surface area contributed by atoms with E-state index in [1.54, 1.807) is 17.1 Å². The third-order valence-electron chi connectivity index (χ3n) is 2.69. The van der Waals surface area contributed by atoms with E-state index in [0.29, 0.717) is 16.0 Å². The summed E-state index contributed by atoms with van der Waals surface area (Å²) in [6.07, 6.45) is 3.21. The zero-order valence-corrected chi connectivity index (χ0v) is 13.4. The van der Waals surface area contributed by atoms with E-state index >= 15 is 0 Å². The molecule has 0 N–H and O–H groups in total. The van der Waals surface area contributed by atoms with Crippen molar-refractivity contribution in [2.24, 2.45) is 11.3 Å². The summed E-state index contributed by atoms with van der Waals surface area (Å²) in [6.45, 7) is 7.26. The summed E-state index contributed by atoms with van der Waals surface area (Å²) in [7, 11) is 0. The van der Waals surface area contributed by atoms with Crippen LogP contribution in [0.2, 0.25) is 0 Å². The molecule has 0 saturated heterocycles. The second-order valence-electron chi connectivity index (χ2n) is 4.92. The molecule has 3 nitrogen and oxygen atoms in total. The van der Waals surface area contributed by atoms with Crippen LogP contribution in [0.1, 0.15) is 20.8 Å². The fraction of sp³-hybridized carbons (Fsp3) is 0.636. The van der Waals surface area contributed by atoms with Crippen molar-refractivity contribution < 1.29 is 0 Å². The highest BCUT2D eigenvalue weighted by molar-refractivity contribution is 14.1. The van der Waals surface area contributed by atoms with Gasteiger partial charge in [0.05, 0.1) is 9.90 Å². The van der Waals surface area contributed by atoms with Gasteiger partial charge in [0, 0.05) is 18.1 Å². The van der Waals surface area contributed by atoms with Crippen molar-refractivity contribution in [2.75, 3.05) is 5.33 Å². The maximum absolute atomic E-state index is 11.8. The van der Waals surface area contributed by atoms with Crippen LogP contribution in [-0.2, 0) is 6.54 Å². The van der Waals surface area contributed by atoms with Gasteiger partial charge in [0.15, 0.2) is 0 Å². The first-order chi connectivity index (χ1) is 7.36. The molecule has 0 amide bonds. The van der Waals surface area contributed by atoms with E-state index in [1.807, 2.05) is 22.6 Å². The highest BCUT2D eigenvalue weighted by Gasteiger charge is 2.24. The lowest BCUT2D eigenvalue weighted by Gasteiger charge is -2.29. The van der Waals surface area contributed by atoms with E-state index in [0.717, 1.165) is 5.33 Å². The number of hydrogen-bond acceptors (Lipinski definition) is 2. The van der Waals surface area contributed by atoms with Gasteiger partial charge in [-0.3, -0.25) is 9.36 Å². The first-order valence-electron chi connectivity index (χ1n) is 5.12. The lowest BCUT2D eigenvalue weighted by molar-refractivity contribution is 0.236. The Kier molecular flexibility index (Phi) is 4.97. The molecule has 0 fully saturated rings. The van der Waals surface area contributed by atoms with Gasteiger partial charge in [-0.25, -0.2) is 4.98 Å². The molecule has 5 heteroatoms. The molecule has 16 heavy (non-hydrogen) atoms. The Labute approximate surface area is 118 Å². The number of aromatic nitrogens is 2. The van der Waals surface area contributed by atoms with Crippen molar-refractivity contribution in [1.29, 1.82) is 0 Å². The molecule has 1 unspecified atom stereocenters. The van der Waals surface area contributed by atoms with Gasteiger partial charge < -0.3 is 0 Å². The van der Waals surface area contributed by atoms with Crippen molar-refractivity contribution in [1.82, 2.24) is 9.55 Å². The van der Waals surface area contributed by atoms with Crippen molar-refractivity contribution in [3.05, 3.63) is 26.4 Å². The molecule has 0 bridgehead atoms. The predicted octanol–water partition coefficient (Wildman–Crippen LogP) is 2.91. The van der Waals surface area contributed by atoms with Crippen LogP contribution in [-0.4, -0.2) is 14.9 Å². The Morgan fingerprint density at radius 2 is 2.19 bits per heavy atom. The summed E-state index contributed by atoms with van der Waals surface area (Å²) >= 11 is 5.54. The van der Waals surface area contributed by atoms with Gasteiger partial charge in [-0.15, -0.1) is 0 Å². The average Bonchev–Trinajstić information content (AvgIpc) is 2.18. The molecule has 0 aromatic carbocycles. The zero-order valence-electron chi connectivity index (χ0n) is 9.70. The van der Waals surface area contributed by atoms with Crippen LogP contribution >= 0.6 is 38.5 Å². The molecule has 1 rings (SSSR count). The van der Waals surface area contributed by atoms with E-state index < -0.39 is 0 Å². The minimum Gasteiger partial charge on any atom is -0.298 e. The normalized spacial score (nSPS) is 13.8. The van der Waals surface area contributed by atoms with E-state index in [-0.39, 0.29) is 11.0 Å². The van der Waals surface area contributed by atoms with Crippen molar-refractivity contribution in [3.63, 3.8) is 0 Å². The molecule has 0 saturated carbocycles. The molecular formula is C11H16BrIN2O. The van der Waals surface area contributed by atoms with Gasteiger partial charge >= 0.3 is 0 Å². The third-order valence-corrected chi connectivity index (χ3v) is 4.21. The maximum Gasteiger partial charge on any atom is 0.266 e. The second kappa shape index (κ2) is 5.62. The summed E-state index contributed by atoms with van der Waals surface area (Å²) in [5, 5.41) is 0.883. The van der Waals surface area contributed by atoms with Crippen LogP contribution in [0.5, 0.6) is 0 Å². The molecule has 0 aliphatic heterocycles. The van der Waals surface area contributed by atoms with Gasteiger partial charge in [0.2, 0.25) is 0 Å². The lowest BCUT2D eigenvalue weighted by Crippen LogP contribution is -2.32. The fourth-order valence-corrected chi connectivity index (χ4v) is 2.99. The second-order valence-corrected chi connectivity index (χ2v) is 6.73. The molecule has 0 radical (unpaired) electrons. The summed E-state index contributed by atoms with van der Waals surface area (Å²) in [5.41, 5.74) is 0.218. The highest BCUT2D eigenvalue weighted by Crippen LogP contribution is 2.28. The molecule has 0 aliphatic rings. The highest BCUT2D eigenvalue weighted by atomic mass is 127. The number of rotatable bonds is 3. The van der Waals surface area contributed by atoms with Crippen LogP contribution < -0.4 is 5.56 Å². The molecule has 0 aliphatic carbocycles. The van der Waals surface area contributed by atoms with Crippen molar-refractivity contribution in [2.45, 2.75) is 27.3 Å². The Balaban J connectivity index is 2.96. The van der Waals surface area contributed by atoms with E-state index in [1.165, 1.54) is 0 Å². The monoisotopic (exact) mass is 398 g/mol. The first-order valence-corrected chi connectivity index (χ1v) is 7.32. The topological polar surface area (TPSA) is 34.9 Å². The Hall–Kier alpha value is 0.0900. The maximum atomic E-state index is 11.8. The smallest absolute Gasteiger partial charge is 0.266 e. The molecule has 0 spiro atoms. The summed E-state index contributed by atoms with van der Waals surface area (Å²) in [6, 6.07) is 0. The van der Waals surface area contributed by atoms with E-state index in [9.17, 15) is 4.79 Å². The van der Waals surface area contributed by atoms with Gasteiger partial charge in [0.25, 0.3) is 5.56 Å². The molecule has 1 heterocycles. The van der Waals surface area contributed by atoms with Gasteiger partial charge in [-0.1, -0.05) is 36.7 Å². The largest absolute Gasteiger partial charge is 0.298 e. The molecule has 1 aromatic heterocycles. The Morgan fingerprint density at radius 3 is 2.69 bits per heavy atom. The zero-order chi connectivity index (χ0) is 12.3. The summed E-state index contributed by atoms with van der Waals surface area (Å²) in [5.74, 6) is 0.408. The van der Waals surface area contributed by atoms with Gasteiger partial charge in [-0.05, 0) is 33.9 Å². The standard InChI is InChI=1S/C11H16BrIN2O/c1-11(2,3)8(4-12)6-15-7-14-5-9(13)10(15)16/h5,7-8H,4,6H2,1-3H3. The summed E-state index contributed by atoms with van der Waals surface area (Å²) < 4.78 is 2.36. The molecular weight excluding hydrogens is 383 g/mol. The van der Waals surface area contributed by atoms with Crippen LogP contribution in [0.25, 0.3) is 0 Å². The van der Waals surface area contributed by atoms with Crippen LogP contribution in [0, 0.1) is 14.9 Å². The Morgan fingerprint density at radius 1 is 1.56 bits per heavy atom. The number of hydrogen-bond donors (Lipinski definition) is 0. The van der Waals surface area contributed by atoms with Crippen LogP contribution in [0.4, 0.5) is 0 Å². The fourth-order valence-electron chi connectivity index (χ4n) is 1.35. The van der Waals surface area contributed by atoms with Crippen LogP contribution in [0.3, 0.4) is 0 Å². The number of nitrogens with zero attached hydrogens (tertiary/aromatic N) is 2. The molecule has 1 aromatic rings. The Bertz CT molecular complexity index is 411. The molecule has 90 valence electrons. The quantitative estimate of drug-likeness (QED) is 0.579. The minimum absolute atomic E-state index is 0.0470. The first kappa shape index (κ1) is 14.2. The summed E-state index contributed by atoms with van der Waals surface area (Å²) in [4.78, 5) is 15.9. The van der Waals surface area contributed by atoms with Crippen molar-refractivity contribution in [3.8, 4) is 0 Å². The van der Waals surface area contributed by atoms with E-state index in [4.69, 9.17) is 0 Å².